The maximum Gasteiger partial charge on any atom is 0.226 e. The van der Waals surface area contributed by atoms with Gasteiger partial charge < -0.3 is 4.90 Å². The van der Waals surface area contributed by atoms with E-state index in [0.717, 1.165) is 25.8 Å². The molecule has 1 unspecified atom stereocenters. The van der Waals surface area contributed by atoms with Gasteiger partial charge in [-0.3, -0.25) is 4.79 Å². The molecular weight excluding hydrogens is 174 g/mol. The molecule has 1 amide bonds. The van der Waals surface area contributed by atoms with Gasteiger partial charge in [-0.2, -0.15) is 0 Å². The predicted octanol–water partition coefficient (Wildman–Crippen LogP) is 2.29. The van der Waals surface area contributed by atoms with Crippen molar-refractivity contribution in [1.29, 1.82) is 0 Å². The zero-order valence-corrected chi connectivity index (χ0v) is 9.55. The van der Waals surface area contributed by atoms with Crippen molar-refractivity contribution in [2.45, 2.75) is 40.0 Å². The zero-order valence-electron chi connectivity index (χ0n) is 9.55. The van der Waals surface area contributed by atoms with E-state index in [0.29, 0.717) is 6.54 Å². The summed E-state index contributed by atoms with van der Waals surface area (Å²) in [6.07, 6.45) is 8.18. The van der Waals surface area contributed by atoms with Crippen molar-refractivity contribution in [3.8, 4) is 12.3 Å². The van der Waals surface area contributed by atoms with Crippen LogP contribution >= 0.6 is 0 Å². The Balaban J connectivity index is 4.20. The van der Waals surface area contributed by atoms with Gasteiger partial charge in [0.15, 0.2) is 0 Å². The van der Waals surface area contributed by atoms with Gasteiger partial charge in [-0.25, -0.2) is 0 Å². The van der Waals surface area contributed by atoms with Gasteiger partial charge in [-0.1, -0.05) is 33.1 Å². The summed E-state index contributed by atoms with van der Waals surface area (Å²) < 4.78 is 0. The van der Waals surface area contributed by atoms with Crippen LogP contribution < -0.4 is 0 Å². The van der Waals surface area contributed by atoms with Crippen molar-refractivity contribution >= 4 is 5.91 Å². The Labute approximate surface area is 87.7 Å². The summed E-state index contributed by atoms with van der Waals surface area (Å²) in [5.41, 5.74) is 0. The molecule has 80 valence electrons. The molecule has 0 aromatic rings. The van der Waals surface area contributed by atoms with Crippen LogP contribution in [0, 0.1) is 18.3 Å². The number of hydrogen-bond donors (Lipinski definition) is 0. The molecule has 0 heterocycles. The Morgan fingerprint density at radius 1 is 1.43 bits per heavy atom. The maximum absolute atomic E-state index is 11.8. The fraction of sp³-hybridized carbons (Fsp3) is 0.750. The van der Waals surface area contributed by atoms with Crippen molar-refractivity contribution in [1.82, 2.24) is 4.90 Å². The number of carbonyl (C=O) groups excluding carboxylic acids is 1. The first-order valence-electron chi connectivity index (χ1n) is 5.39. The van der Waals surface area contributed by atoms with Gasteiger partial charge in [0.2, 0.25) is 5.91 Å². The van der Waals surface area contributed by atoms with Crippen molar-refractivity contribution in [3.63, 3.8) is 0 Å². The highest BCUT2D eigenvalue weighted by molar-refractivity contribution is 5.78. The first-order chi connectivity index (χ1) is 6.67. The van der Waals surface area contributed by atoms with Gasteiger partial charge in [0, 0.05) is 12.5 Å². The third kappa shape index (κ3) is 4.32. The van der Waals surface area contributed by atoms with E-state index >= 15 is 0 Å². The van der Waals surface area contributed by atoms with Crippen molar-refractivity contribution in [3.05, 3.63) is 0 Å². The van der Waals surface area contributed by atoms with Crippen LogP contribution in [0.5, 0.6) is 0 Å². The van der Waals surface area contributed by atoms with Gasteiger partial charge in [-0.05, 0) is 12.8 Å². The van der Waals surface area contributed by atoms with Crippen LogP contribution in [0.1, 0.15) is 40.0 Å². The first kappa shape index (κ1) is 13.0. The van der Waals surface area contributed by atoms with Crippen LogP contribution in [0.2, 0.25) is 0 Å². The number of hydrogen-bond acceptors (Lipinski definition) is 1. The van der Waals surface area contributed by atoms with Crippen LogP contribution in [-0.2, 0) is 4.79 Å². The third-order valence-electron chi connectivity index (χ3n) is 2.23. The molecule has 14 heavy (non-hydrogen) atoms. The second kappa shape index (κ2) is 7.44. The van der Waals surface area contributed by atoms with Gasteiger partial charge in [-0.15, -0.1) is 6.42 Å². The highest BCUT2D eigenvalue weighted by Crippen LogP contribution is 2.09. The van der Waals surface area contributed by atoms with Crippen LogP contribution in [0.25, 0.3) is 0 Å². The number of nitrogens with zero attached hydrogens (tertiary/aromatic N) is 1. The van der Waals surface area contributed by atoms with Crippen LogP contribution in [0.15, 0.2) is 0 Å². The third-order valence-corrected chi connectivity index (χ3v) is 2.23. The molecule has 2 nitrogen and oxygen atoms in total. The van der Waals surface area contributed by atoms with E-state index < -0.39 is 0 Å². The Hall–Kier alpha value is -0.970. The standard InChI is InChI=1S/C12H21NO/c1-5-8-11(4)12(14)13(9-6-2)10-7-3/h2,11H,5,7-10H2,1,3-4H3. The van der Waals surface area contributed by atoms with E-state index in [4.69, 9.17) is 6.42 Å². The fourth-order valence-corrected chi connectivity index (χ4v) is 1.52. The Bertz CT molecular complexity index is 205. The lowest BCUT2D eigenvalue weighted by molar-refractivity contribution is -0.134. The molecule has 1 atom stereocenters. The largest absolute Gasteiger partial charge is 0.331 e. The molecule has 0 spiro atoms. The summed E-state index contributed by atoms with van der Waals surface area (Å²) in [5.74, 6) is 2.85. The van der Waals surface area contributed by atoms with E-state index in [1.165, 1.54) is 0 Å². The molecule has 0 aliphatic carbocycles. The Morgan fingerprint density at radius 3 is 2.50 bits per heavy atom. The monoisotopic (exact) mass is 195 g/mol. The molecule has 0 bridgehead atoms. The van der Waals surface area contributed by atoms with Crippen molar-refractivity contribution in [2.75, 3.05) is 13.1 Å². The van der Waals surface area contributed by atoms with Crippen molar-refractivity contribution in [2.24, 2.45) is 5.92 Å². The topological polar surface area (TPSA) is 20.3 Å². The number of carbonyl (C=O) groups is 1. The molecule has 0 saturated heterocycles. The van der Waals surface area contributed by atoms with E-state index in [9.17, 15) is 4.79 Å². The average Bonchev–Trinajstić information content (AvgIpc) is 2.17. The summed E-state index contributed by atoms with van der Waals surface area (Å²) in [6.45, 7) is 7.35. The summed E-state index contributed by atoms with van der Waals surface area (Å²) in [6, 6.07) is 0. The van der Waals surface area contributed by atoms with Gasteiger partial charge >= 0.3 is 0 Å². The summed E-state index contributed by atoms with van der Waals surface area (Å²) in [7, 11) is 0. The molecule has 2 heteroatoms. The summed E-state index contributed by atoms with van der Waals surface area (Å²) in [5, 5.41) is 0. The minimum Gasteiger partial charge on any atom is -0.331 e. The lowest BCUT2D eigenvalue weighted by Gasteiger charge is -2.23. The van der Waals surface area contributed by atoms with E-state index in [2.05, 4.69) is 19.8 Å². The quantitative estimate of drug-likeness (QED) is 0.595. The first-order valence-corrected chi connectivity index (χ1v) is 5.39. The maximum atomic E-state index is 11.8. The zero-order chi connectivity index (χ0) is 11.0. The van der Waals surface area contributed by atoms with E-state index in [-0.39, 0.29) is 11.8 Å². The second-order valence-electron chi connectivity index (χ2n) is 3.65. The molecule has 0 radical (unpaired) electrons. The van der Waals surface area contributed by atoms with Gasteiger partial charge in [0.25, 0.3) is 0 Å². The van der Waals surface area contributed by atoms with Gasteiger partial charge in [0.1, 0.15) is 0 Å². The smallest absolute Gasteiger partial charge is 0.226 e. The van der Waals surface area contributed by atoms with Crippen molar-refractivity contribution < 1.29 is 4.79 Å². The predicted molar refractivity (Wildman–Crippen MR) is 59.8 cm³/mol. The van der Waals surface area contributed by atoms with Crippen LogP contribution in [0.3, 0.4) is 0 Å². The minimum atomic E-state index is 0.111. The molecule has 0 saturated carbocycles. The Kier molecular flexibility index (Phi) is 6.92. The molecule has 0 fully saturated rings. The average molecular weight is 195 g/mol. The lowest BCUT2D eigenvalue weighted by Crippen LogP contribution is -2.36. The number of amides is 1. The highest BCUT2D eigenvalue weighted by atomic mass is 16.2. The lowest BCUT2D eigenvalue weighted by atomic mass is 10.0. The molecule has 0 N–H and O–H groups in total. The molecule has 0 aromatic carbocycles. The molecular formula is C12H21NO. The van der Waals surface area contributed by atoms with Gasteiger partial charge in [0.05, 0.1) is 6.54 Å². The molecule has 0 aliphatic rings. The normalized spacial score (nSPS) is 11.9. The second-order valence-corrected chi connectivity index (χ2v) is 3.65. The summed E-state index contributed by atoms with van der Waals surface area (Å²) >= 11 is 0. The molecule has 0 aliphatic heterocycles. The van der Waals surface area contributed by atoms with Crippen LogP contribution in [0.4, 0.5) is 0 Å². The van der Waals surface area contributed by atoms with Crippen LogP contribution in [-0.4, -0.2) is 23.9 Å². The SMILES string of the molecule is C#CCN(CCC)C(=O)C(C)CCC. The van der Waals surface area contributed by atoms with E-state index in [1.54, 1.807) is 4.90 Å². The number of rotatable bonds is 6. The molecule has 0 aromatic heterocycles. The summed E-state index contributed by atoms with van der Waals surface area (Å²) in [4.78, 5) is 13.6. The Morgan fingerprint density at radius 2 is 2.07 bits per heavy atom. The van der Waals surface area contributed by atoms with E-state index in [1.807, 2.05) is 6.92 Å². The number of terminal acetylenes is 1. The fourth-order valence-electron chi connectivity index (χ4n) is 1.52. The highest BCUT2D eigenvalue weighted by Gasteiger charge is 2.17. The molecule has 0 rings (SSSR count). The minimum absolute atomic E-state index is 0.111.